The predicted molar refractivity (Wildman–Crippen MR) is 85.1 cm³/mol. The molecule has 0 fully saturated rings. The second kappa shape index (κ2) is 8.49. The van der Waals surface area contributed by atoms with Crippen LogP contribution in [0.1, 0.15) is 38.8 Å². The van der Waals surface area contributed by atoms with Gasteiger partial charge < -0.3 is 5.32 Å². The number of rotatable bonds is 0. The molecule has 0 aliphatic carbocycles. The molecular formula is C18H25N. The normalized spacial score (nSPS) is 11.6. The molecule has 1 heteroatoms. The molecular weight excluding hydrogens is 230 g/mol. The zero-order chi connectivity index (χ0) is 14.1. The van der Waals surface area contributed by atoms with Crippen LogP contribution >= 0.6 is 0 Å². The molecule has 0 saturated carbocycles. The van der Waals surface area contributed by atoms with E-state index in [2.05, 4.69) is 53.8 Å². The lowest BCUT2D eigenvalue weighted by molar-refractivity contribution is 0.703. The van der Waals surface area contributed by atoms with E-state index in [1.54, 1.807) is 0 Å². The fourth-order valence-electron chi connectivity index (χ4n) is 2.21. The Hall–Kier alpha value is -1.60. The Labute approximate surface area is 117 Å². The fourth-order valence-corrected chi connectivity index (χ4v) is 2.21. The topological polar surface area (TPSA) is 12.0 Å². The number of hydrogen-bond acceptors (Lipinski definition) is 1. The van der Waals surface area contributed by atoms with Crippen LogP contribution in [0.15, 0.2) is 48.5 Å². The molecule has 1 nitrogen and oxygen atoms in total. The van der Waals surface area contributed by atoms with E-state index in [0.29, 0.717) is 0 Å². The van der Waals surface area contributed by atoms with Gasteiger partial charge in [-0.2, -0.15) is 0 Å². The van der Waals surface area contributed by atoms with Gasteiger partial charge in [0.2, 0.25) is 0 Å². The van der Waals surface area contributed by atoms with Gasteiger partial charge in [0, 0.05) is 13.1 Å². The van der Waals surface area contributed by atoms with Gasteiger partial charge in [0.05, 0.1) is 0 Å². The molecule has 1 heterocycles. The second-order valence-corrected chi connectivity index (χ2v) is 3.92. The van der Waals surface area contributed by atoms with Crippen LogP contribution < -0.4 is 5.32 Å². The van der Waals surface area contributed by atoms with Crippen molar-refractivity contribution in [1.82, 2.24) is 5.32 Å². The first-order chi connectivity index (χ1) is 9.45. The van der Waals surface area contributed by atoms with Gasteiger partial charge in [-0.15, -0.1) is 0 Å². The SMILES string of the molecule is CC.CC.c1ccc2c(c1)CNCc1ccccc1-2. The van der Waals surface area contributed by atoms with Crippen LogP contribution in [-0.2, 0) is 13.1 Å². The summed E-state index contributed by atoms with van der Waals surface area (Å²) >= 11 is 0. The van der Waals surface area contributed by atoms with E-state index in [-0.39, 0.29) is 0 Å². The Morgan fingerprint density at radius 3 is 1.42 bits per heavy atom. The Morgan fingerprint density at radius 1 is 0.632 bits per heavy atom. The van der Waals surface area contributed by atoms with E-state index in [4.69, 9.17) is 0 Å². The molecule has 0 bridgehead atoms. The third-order valence-corrected chi connectivity index (χ3v) is 2.96. The van der Waals surface area contributed by atoms with Crippen molar-refractivity contribution < 1.29 is 0 Å². The van der Waals surface area contributed by atoms with Gasteiger partial charge in [-0.25, -0.2) is 0 Å². The highest BCUT2D eigenvalue weighted by Crippen LogP contribution is 2.29. The standard InChI is InChI=1S/C14H13N.2C2H6/c1-3-7-13-11(5-1)9-15-10-12-6-2-4-8-14(12)13;2*1-2/h1-8,15H,9-10H2;2*1-2H3. The summed E-state index contributed by atoms with van der Waals surface area (Å²) < 4.78 is 0. The monoisotopic (exact) mass is 255 g/mol. The summed E-state index contributed by atoms with van der Waals surface area (Å²) in [7, 11) is 0. The van der Waals surface area contributed by atoms with Gasteiger partial charge in [0.25, 0.3) is 0 Å². The zero-order valence-electron chi connectivity index (χ0n) is 12.5. The first-order valence-electron chi connectivity index (χ1n) is 7.32. The van der Waals surface area contributed by atoms with Crippen molar-refractivity contribution in [3.05, 3.63) is 59.7 Å². The summed E-state index contributed by atoms with van der Waals surface area (Å²) in [5.74, 6) is 0. The van der Waals surface area contributed by atoms with E-state index < -0.39 is 0 Å². The number of fused-ring (bicyclic) bond motifs is 3. The molecule has 0 radical (unpaired) electrons. The molecule has 1 aliphatic heterocycles. The van der Waals surface area contributed by atoms with Gasteiger partial charge in [-0.05, 0) is 22.3 Å². The molecule has 1 aliphatic rings. The summed E-state index contributed by atoms with van der Waals surface area (Å²) in [6.45, 7) is 9.93. The van der Waals surface area contributed by atoms with E-state index in [1.165, 1.54) is 22.3 Å². The molecule has 0 saturated heterocycles. The van der Waals surface area contributed by atoms with E-state index >= 15 is 0 Å². The molecule has 0 spiro atoms. The summed E-state index contributed by atoms with van der Waals surface area (Å²) in [5, 5.41) is 3.46. The number of benzene rings is 2. The Balaban J connectivity index is 0.000000415. The van der Waals surface area contributed by atoms with Crippen molar-refractivity contribution in [3.8, 4) is 11.1 Å². The molecule has 0 aromatic heterocycles. The fraction of sp³-hybridized carbons (Fsp3) is 0.333. The van der Waals surface area contributed by atoms with Crippen molar-refractivity contribution in [2.24, 2.45) is 0 Å². The van der Waals surface area contributed by atoms with E-state index in [1.807, 2.05) is 27.7 Å². The Morgan fingerprint density at radius 2 is 1.00 bits per heavy atom. The van der Waals surface area contributed by atoms with Gasteiger partial charge >= 0.3 is 0 Å². The Bertz CT molecular complexity index is 443. The largest absolute Gasteiger partial charge is 0.309 e. The van der Waals surface area contributed by atoms with Gasteiger partial charge in [0.15, 0.2) is 0 Å². The third kappa shape index (κ3) is 3.68. The molecule has 2 aromatic carbocycles. The summed E-state index contributed by atoms with van der Waals surface area (Å²) in [5.41, 5.74) is 5.53. The van der Waals surface area contributed by atoms with E-state index in [9.17, 15) is 0 Å². The van der Waals surface area contributed by atoms with E-state index in [0.717, 1.165) is 13.1 Å². The molecule has 1 N–H and O–H groups in total. The highest BCUT2D eigenvalue weighted by molar-refractivity contribution is 5.71. The number of hydrogen-bond donors (Lipinski definition) is 1. The van der Waals surface area contributed by atoms with Gasteiger partial charge in [-0.3, -0.25) is 0 Å². The maximum atomic E-state index is 3.46. The zero-order valence-corrected chi connectivity index (χ0v) is 12.5. The third-order valence-electron chi connectivity index (χ3n) is 2.96. The molecule has 0 unspecified atom stereocenters. The molecule has 3 rings (SSSR count). The van der Waals surface area contributed by atoms with Crippen molar-refractivity contribution in [3.63, 3.8) is 0 Å². The predicted octanol–water partition coefficient (Wildman–Crippen LogP) is 5.01. The molecule has 2 aromatic rings. The molecule has 0 amide bonds. The van der Waals surface area contributed by atoms with Crippen LogP contribution in [0.5, 0.6) is 0 Å². The van der Waals surface area contributed by atoms with Crippen LogP contribution in [0.2, 0.25) is 0 Å². The maximum Gasteiger partial charge on any atom is 0.0214 e. The van der Waals surface area contributed by atoms with Crippen molar-refractivity contribution >= 4 is 0 Å². The van der Waals surface area contributed by atoms with Crippen molar-refractivity contribution in [1.29, 1.82) is 0 Å². The summed E-state index contributed by atoms with van der Waals surface area (Å²) in [6.07, 6.45) is 0. The lowest BCUT2D eigenvalue weighted by atomic mass is 9.97. The highest BCUT2D eigenvalue weighted by Gasteiger charge is 2.11. The first kappa shape index (κ1) is 15.5. The van der Waals surface area contributed by atoms with Crippen LogP contribution in [-0.4, -0.2) is 0 Å². The lowest BCUT2D eigenvalue weighted by Gasteiger charge is -2.07. The minimum absolute atomic E-state index is 0.963. The lowest BCUT2D eigenvalue weighted by Crippen LogP contribution is -2.10. The smallest absolute Gasteiger partial charge is 0.0214 e. The van der Waals surface area contributed by atoms with Crippen LogP contribution in [0, 0.1) is 0 Å². The molecule has 19 heavy (non-hydrogen) atoms. The van der Waals surface area contributed by atoms with Gasteiger partial charge in [0.1, 0.15) is 0 Å². The highest BCUT2D eigenvalue weighted by atomic mass is 14.9. The van der Waals surface area contributed by atoms with Crippen LogP contribution in [0.4, 0.5) is 0 Å². The quantitative estimate of drug-likeness (QED) is 0.698. The first-order valence-corrected chi connectivity index (χ1v) is 7.32. The second-order valence-electron chi connectivity index (χ2n) is 3.92. The minimum atomic E-state index is 0.963. The average molecular weight is 255 g/mol. The van der Waals surface area contributed by atoms with Crippen LogP contribution in [0.25, 0.3) is 11.1 Å². The molecule has 0 atom stereocenters. The van der Waals surface area contributed by atoms with Crippen LogP contribution in [0.3, 0.4) is 0 Å². The van der Waals surface area contributed by atoms with Crippen molar-refractivity contribution in [2.45, 2.75) is 40.8 Å². The minimum Gasteiger partial charge on any atom is -0.309 e. The average Bonchev–Trinajstić information content (AvgIpc) is 2.71. The summed E-state index contributed by atoms with van der Waals surface area (Å²) in [6, 6.07) is 17.3. The Kier molecular flexibility index (Phi) is 6.91. The van der Waals surface area contributed by atoms with Crippen molar-refractivity contribution in [2.75, 3.05) is 0 Å². The maximum absolute atomic E-state index is 3.46. The van der Waals surface area contributed by atoms with Gasteiger partial charge in [-0.1, -0.05) is 76.2 Å². The number of nitrogens with one attached hydrogen (secondary N) is 1. The summed E-state index contributed by atoms with van der Waals surface area (Å²) in [4.78, 5) is 0. The molecule has 102 valence electrons.